The highest BCUT2D eigenvalue weighted by molar-refractivity contribution is 6.05. The number of amides is 1. The molecule has 152 valence electrons. The number of nitrogens with zero attached hydrogens (tertiary/aromatic N) is 1. The predicted molar refractivity (Wildman–Crippen MR) is 117 cm³/mol. The molecule has 2 aromatic carbocycles. The van der Waals surface area contributed by atoms with Gasteiger partial charge in [-0.3, -0.25) is 9.59 Å². The van der Waals surface area contributed by atoms with Crippen LogP contribution in [0.25, 0.3) is 22.3 Å². The molecule has 5 heteroatoms. The molecule has 0 aliphatic carbocycles. The summed E-state index contributed by atoms with van der Waals surface area (Å²) in [6.07, 6.45) is 0.711. The van der Waals surface area contributed by atoms with Crippen molar-refractivity contribution >= 4 is 16.9 Å². The Labute approximate surface area is 171 Å². The lowest BCUT2D eigenvalue weighted by molar-refractivity contribution is 0.0790. The average molecular weight is 392 g/mol. The number of nitrogens with two attached hydrogens (primary N) is 1. The molecular formula is C24H28N2O3. The summed E-state index contributed by atoms with van der Waals surface area (Å²) < 4.78 is 6.15. The largest absolute Gasteiger partial charge is 0.455 e. The maximum absolute atomic E-state index is 13.1. The van der Waals surface area contributed by atoms with Gasteiger partial charge in [-0.25, -0.2) is 0 Å². The molecule has 0 saturated heterocycles. The summed E-state index contributed by atoms with van der Waals surface area (Å²) in [4.78, 5) is 27.7. The second-order valence-corrected chi connectivity index (χ2v) is 7.86. The van der Waals surface area contributed by atoms with E-state index in [1.54, 1.807) is 37.1 Å². The van der Waals surface area contributed by atoms with E-state index in [-0.39, 0.29) is 17.4 Å². The van der Waals surface area contributed by atoms with Gasteiger partial charge in [0.05, 0.1) is 10.9 Å². The zero-order chi connectivity index (χ0) is 21.1. The van der Waals surface area contributed by atoms with Crippen LogP contribution in [-0.4, -0.2) is 30.4 Å². The lowest BCUT2D eigenvalue weighted by atomic mass is 10.0. The van der Waals surface area contributed by atoms with Crippen LogP contribution in [0, 0.1) is 12.8 Å². The van der Waals surface area contributed by atoms with E-state index in [1.165, 1.54) is 0 Å². The van der Waals surface area contributed by atoms with E-state index in [0.717, 1.165) is 5.56 Å². The fourth-order valence-corrected chi connectivity index (χ4v) is 3.33. The normalized spacial score (nSPS) is 12.3. The van der Waals surface area contributed by atoms with Gasteiger partial charge in [-0.15, -0.1) is 0 Å². The topological polar surface area (TPSA) is 76.5 Å². The molecule has 0 radical (unpaired) electrons. The summed E-state index contributed by atoms with van der Waals surface area (Å²) in [5, 5.41) is 0.417. The summed E-state index contributed by atoms with van der Waals surface area (Å²) in [6.45, 7) is 6.43. The molecular weight excluding hydrogens is 364 g/mol. The zero-order valence-electron chi connectivity index (χ0n) is 17.4. The van der Waals surface area contributed by atoms with Crippen molar-refractivity contribution in [3.8, 4) is 11.3 Å². The number of fused-ring (bicyclic) bond motifs is 1. The Morgan fingerprint density at radius 2 is 1.79 bits per heavy atom. The second-order valence-electron chi connectivity index (χ2n) is 7.86. The number of carbonyl (C=O) groups excluding carboxylic acids is 1. The molecule has 1 heterocycles. The van der Waals surface area contributed by atoms with Gasteiger partial charge in [0.2, 0.25) is 0 Å². The van der Waals surface area contributed by atoms with Gasteiger partial charge in [-0.1, -0.05) is 50.2 Å². The third kappa shape index (κ3) is 4.25. The lowest BCUT2D eigenvalue weighted by Gasteiger charge is -2.22. The van der Waals surface area contributed by atoms with Gasteiger partial charge < -0.3 is 15.1 Å². The van der Waals surface area contributed by atoms with Crippen molar-refractivity contribution in [3.63, 3.8) is 0 Å². The van der Waals surface area contributed by atoms with E-state index in [9.17, 15) is 9.59 Å². The van der Waals surface area contributed by atoms with Crippen molar-refractivity contribution in [1.82, 2.24) is 4.90 Å². The highest BCUT2D eigenvalue weighted by atomic mass is 16.3. The Bertz CT molecular complexity index is 1070. The molecule has 1 aromatic heterocycles. The van der Waals surface area contributed by atoms with Crippen molar-refractivity contribution in [3.05, 3.63) is 69.9 Å². The molecule has 0 aliphatic rings. The molecule has 29 heavy (non-hydrogen) atoms. The molecule has 0 spiro atoms. The second kappa shape index (κ2) is 8.62. The molecule has 5 nitrogen and oxygen atoms in total. The summed E-state index contributed by atoms with van der Waals surface area (Å²) in [7, 11) is 1.75. The zero-order valence-corrected chi connectivity index (χ0v) is 17.4. The minimum atomic E-state index is -0.183. The SMILES string of the molecule is Cc1c(-c2ccccc2)oc2c(C(=O)N(C)CCC(N)C(C)C)cccc2c1=O. The Hall–Kier alpha value is -2.92. The van der Waals surface area contributed by atoms with Gasteiger partial charge in [-0.2, -0.15) is 0 Å². The van der Waals surface area contributed by atoms with Crippen LogP contribution in [-0.2, 0) is 0 Å². The quantitative estimate of drug-likeness (QED) is 0.682. The van der Waals surface area contributed by atoms with Crippen LogP contribution in [0.3, 0.4) is 0 Å². The van der Waals surface area contributed by atoms with E-state index in [4.69, 9.17) is 10.2 Å². The first-order valence-electron chi connectivity index (χ1n) is 9.94. The smallest absolute Gasteiger partial charge is 0.257 e. The number of hydrogen-bond donors (Lipinski definition) is 1. The summed E-state index contributed by atoms with van der Waals surface area (Å²) >= 11 is 0. The summed E-state index contributed by atoms with van der Waals surface area (Å²) in [5.41, 5.74) is 8.05. The van der Waals surface area contributed by atoms with Crippen molar-refractivity contribution in [2.24, 2.45) is 11.7 Å². The van der Waals surface area contributed by atoms with Gasteiger partial charge in [-0.05, 0) is 31.4 Å². The minimum absolute atomic E-state index is 0.0306. The van der Waals surface area contributed by atoms with E-state index in [0.29, 0.717) is 46.7 Å². The van der Waals surface area contributed by atoms with Crippen LogP contribution < -0.4 is 11.2 Å². The molecule has 3 rings (SSSR count). The molecule has 0 fully saturated rings. The Morgan fingerprint density at radius 1 is 1.10 bits per heavy atom. The maximum Gasteiger partial charge on any atom is 0.257 e. The highest BCUT2D eigenvalue weighted by Gasteiger charge is 2.21. The standard InChI is InChI=1S/C24H28N2O3/c1-15(2)20(25)13-14-26(4)24(28)19-12-8-11-18-21(27)16(3)22(29-23(18)19)17-9-6-5-7-10-17/h5-12,15,20H,13-14,25H2,1-4H3. The van der Waals surface area contributed by atoms with Crippen LogP contribution in [0.1, 0.15) is 36.2 Å². The molecule has 1 atom stereocenters. The number of benzene rings is 2. The first kappa shape index (κ1) is 20.8. The number of rotatable bonds is 6. The number of carbonyl (C=O) groups is 1. The molecule has 0 saturated carbocycles. The van der Waals surface area contributed by atoms with E-state index in [2.05, 4.69) is 13.8 Å². The molecule has 0 aliphatic heterocycles. The lowest BCUT2D eigenvalue weighted by Crippen LogP contribution is -2.34. The summed E-state index contributed by atoms with van der Waals surface area (Å²) in [5.74, 6) is 0.663. The van der Waals surface area contributed by atoms with Crippen molar-refractivity contribution in [1.29, 1.82) is 0 Å². The van der Waals surface area contributed by atoms with Crippen LogP contribution in [0.4, 0.5) is 0 Å². The number of hydrogen-bond acceptors (Lipinski definition) is 4. The highest BCUT2D eigenvalue weighted by Crippen LogP contribution is 2.27. The molecule has 1 unspecified atom stereocenters. The molecule has 0 bridgehead atoms. The monoisotopic (exact) mass is 392 g/mol. The van der Waals surface area contributed by atoms with Crippen molar-refractivity contribution < 1.29 is 9.21 Å². The van der Waals surface area contributed by atoms with Crippen LogP contribution >= 0.6 is 0 Å². The van der Waals surface area contributed by atoms with Crippen LogP contribution in [0.15, 0.2) is 57.7 Å². The van der Waals surface area contributed by atoms with Gasteiger partial charge >= 0.3 is 0 Å². The van der Waals surface area contributed by atoms with Gasteiger partial charge in [0, 0.05) is 30.8 Å². The van der Waals surface area contributed by atoms with Gasteiger partial charge in [0.25, 0.3) is 5.91 Å². The Morgan fingerprint density at radius 3 is 2.45 bits per heavy atom. The fraction of sp³-hybridized carbons (Fsp3) is 0.333. The van der Waals surface area contributed by atoms with Crippen molar-refractivity contribution in [2.75, 3.05) is 13.6 Å². The molecule has 2 N–H and O–H groups in total. The van der Waals surface area contributed by atoms with E-state index >= 15 is 0 Å². The first-order valence-corrected chi connectivity index (χ1v) is 9.94. The van der Waals surface area contributed by atoms with E-state index < -0.39 is 0 Å². The number of para-hydroxylation sites is 1. The average Bonchev–Trinajstić information content (AvgIpc) is 2.73. The van der Waals surface area contributed by atoms with Crippen molar-refractivity contribution in [2.45, 2.75) is 33.2 Å². The van der Waals surface area contributed by atoms with E-state index in [1.807, 2.05) is 30.3 Å². The maximum atomic E-state index is 13.1. The molecule has 1 amide bonds. The first-order chi connectivity index (χ1) is 13.8. The van der Waals surface area contributed by atoms with Crippen LogP contribution in [0.5, 0.6) is 0 Å². The fourth-order valence-electron chi connectivity index (χ4n) is 3.33. The van der Waals surface area contributed by atoms with Gasteiger partial charge in [0.15, 0.2) is 11.0 Å². The summed E-state index contributed by atoms with van der Waals surface area (Å²) in [6, 6.07) is 14.6. The predicted octanol–water partition coefficient (Wildman–Crippen LogP) is 4.21. The molecule has 3 aromatic rings. The minimum Gasteiger partial charge on any atom is -0.455 e. The van der Waals surface area contributed by atoms with Crippen LogP contribution in [0.2, 0.25) is 0 Å². The Kier molecular flexibility index (Phi) is 6.18. The third-order valence-electron chi connectivity index (χ3n) is 5.41. The Balaban J connectivity index is 2.04. The third-order valence-corrected chi connectivity index (χ3v) is 5.41. The van der Waals surface area contributed by atoms with Gasteiger partial charge in [0.1, 0.15) is 5.76 Å².